The van der Waals surface area contributed by atoms with E-state index < -0.39 is 0 Å². The van der Waals surface area contributed by atoms with E-state index in [2.05, 4.69) is 35.1 Å². The number of hydrogen-bond acceptors (Lipinski definition) is 8. The van der Waals surface area contributed by atoms with Gasteiger partial charge in [-0.2, -0.15) is 5.10 Å². The molecular formula is C23H25ClN8S. The molecule has 0 N–H and O–H groups in total. The van der Waals surface area contributed by atoms with Crippen molar-refractivity contribution in [3.8, 4) is 5.69 Å². The van der Waals surface area contributed by atoms with Gasteiger partial charge in [0.25, 0.3) is 0 Å². The van der Waals surface area contributed by atoms with E-state index >= 15 is 0 Å². The van der Waals surface area contributed by atoms with Crippen molar-refractivity contribution in [3.63, 3.8) is 0 Å². The van der Waals surface area contributed by atoms with Crippen molar-refractivity contribution in [3.05, 3.63) is 46.8 Å². The minimum Gasteiger partial charge on any atom is -0.352 e. The Morgan fingerprint density at radius 3 is 2.58 bits per heavy atom. The lowest BCUT2D eigenvalue weighted by atomic mass is 9.90. The average molecular weight is 481 g/mol. The van der Waals surface area contributed by atoms with E-state index in [0.717, 1.165) is 53.8 Å². The fourth-order valence-electron chi connectivity index (χ4n) is 4.86. The van der Waals surface area contributed by atoms with Crippen LogP contribution >= 0.6 is 22.9 Å². The molecule has 3 aromatic heterocycles. The number of nitrogens with zero attached hydrogens (tertiary/aromatic N) is 8. The van der Waals surface area contributed by atoms with Gasteiger partial charge in [0.15, 0.2) is 5.65 Å². The number of piperazine rings is 1. The van der Waals surface area contributed by atoms with Gasteiger partial charge in [-0.05, 0) is 31.0 Å². The van der Waals surface area contributed by atoms with E-state index in [1.54, 1.807) is 17.7 Å². The van der Waals surface area contributed by atoms with Gasteiger partial charge in [0.2, 0.25) is 5.13 Å². The summed E-state index contributed by atoms with van der Waals surface area (Å²) in [5.74, 6) is 1.53. The van der Waals surface area contributed by atoms with Crippen LogP contribution in [-0.2, 0) is 0 Å². The van der Waals surface area contributed by atoms with Gasteiger partial charge < -0.3 is 9.80 Å². The summed E-state index contributed by atoms with van der Waals surface area (Å²) in [6.07, 6.45) is 9.98. The fourth-order valence-corrected chi connectivity index (χ4v) is 6.11. The van der Waals surface area contributed by atoms with Gasteiger partial charge in [0.05, 0.1) is 17.3 Å². The molecule has 1 aliphatic heterocycles. The largest absolute Gasteiger partial charge is 0.352 e. The predicted octanol–water partition coefficient (Wildman–Crippen LogP) is 4.69. The molecule has 4 aromatic rings. The Hall–Kier alpha value is -2.78. The molecule has 2 fully saturated rings. The van der Waals surface area contributed by atoms with Crippen LogP contribution in [-0.4, -0.2) is 56.1 Å². The van der Waals surface area contributed by atoms with Gasteiger partial charge in [-0.15, -0.1) is 10.2 Å². The van der Waals surface area contributed by atoms with E-state index in [0.29, 0.717) is 10.9 Å². The van der Waals surface area contributed by atoms with Gasteiger partial charge in [0, 0.05) is 37.1 Å². The lowest BCUT2D eigenvalue weighted by Crippen LogP contribution is -2.46. The van der Waals surface area contributed by atoms with Crippen molar-refractivity contribution in [2.75, 3.05) is 36.0 Å². The van der Waals surface area contributed by atoms with Crippen LogP contribution in [0.3, 0.4) is 0 Å². The molecule has 33 heavy (non-hydrogen) atoms. The van der Waals surface area contributed by atoms with E-state index in [4.69, 9.17) is 11.6 Å². The first kappa shape index (κ1) is 20.8. The van der Waals surface area contributed by atoms with Crippen LogP contribution < -0.4 is 9.80 Å². The van der Waals surface area contributed by atoms with E-state index in [-0.39, 0.29) is 0 Å². The zero-order valence-electron chi connectivity index (χ0n) is 18.3. The fraction of sp³-hybridized carbons (Fsp3) is 0.435. The van der Waals surface area contributed by atoms with Crippen molar-refractivity contribution in [1.29, 1.82) is 0 Å². The minimum atomic E-state index is 0.608. The molecule has 6 rings (SSSR count). The van der Waals surface area contributed by atoms with Gasteiger partial charge in [-0.25, -0.2) is 14.6 Å². The SMILES string of the molecule is Clc1cccc(-n2ncc3c(N4CCN(c5nnc(C6CCCCC6)s5)CC4)ncnc32)c1. The maximum Gasteiger partial charge on any atom is 0.208 e. The molecule has 0 radical (unpaired) electrons. The summed E-state index contributed by atoms with van der Waals surface area (Å²) in [4.78, 5) is 13.8. The molecule has 4 heterocycles. The second-order valence-corrected chi connectivity index (χ2v) is 10.1. The molecule has 1 aliphatic carbocycles. The number of benzene rings is 1. The highest BCUT2D eigenvalue weighted by Gasteiger charge is 2.25. The van der Waals surface area contributed by atoms with Gasteiger partial charge >= 0.3 is 0 Å². The summed E-state index contributed by atoms with van der Waals surface area (Å²) in [6, 6.07) is 7.63. The third-order valence-electron chi connectivity index (χ3n) is 6.63. The van der Waals surface area contributed by atoms with Crippen molar-refractivity contribution < 1.29 is 0 Å². The molecule has 10 heteroatoms. The average Bonchev–Trinajstić information content (AvgIpc) is 3.53. The monoisotopic (exact) mass is 480 g/mol. The number of hydrogen-bond donors (Lipinski definition) is 0. The van der Waals surface area contributed by atoms with Crippen LogP contribution in [0.1, 0.15) is 43.0 Å². The second kappa shape index (κ2) is 8.87. The molecule has 0 spiro atoms. The zero-order valence-corrected chi connectivity index (χ0v) is 19.8. The molecule has 0 bridgehead atoms. The van der Waals surface area contributed by atoms with Gasteiger partial charge in [-0.1, -0.05) is 48.3 Å². The summed E-state index contributed by atoms with van der Waals surface area (Å²) in [7, 11) is 0. The maximum atomic E-state index is 6.18. The Morgan fingerprint density at radius 1 is 0.939 bits per heavy atom. The molecule has 0 atom stereocenters. The lowest BCUT2D eigenvalue weighted by Gasteiger charge is -2.35. The van der Waals surface area contributed by atoms with Crippen LogP contribution in [0.25, 0.3) is 16.7 Å². The smallest absolute Gasteiger partial charge is 0.208 e. The number of rotatable bonds is 4. The molecule has 1 saturated carbocycles. The summed E-state index contributed by atoms with van der Waals surface area (Å²) < 4.78 is 1.82. The van der Waals surface area contributed by atoms with Crippen LogP contribution in [0.4, 0.5) is 10.9 Å². The number of fused-ring (bicyclic) bond motifs is 1. The predicted molar refractivity (Wildman–Crippen MR) is 132 cm³/mol. The standard InChI is InChI=1S/C23H25ClN8S/c24-17-7-4-8-18(13-17)32-21-19(14-27-32)20(25-15-26-21)30-9-11-31(12-10-30)23-29-28-22(33-23)16-5-2-1-3-6-16/h4,7-8,13-16H,1-3,5-6,9-12H2. The highest BCUT2D eigenvalue weighted by Crippen LogP contribution is 2.36. The number of anilines is 2. The maximum absolute atomic E-state index is 6.18. The molecule has 2 aliphatic rings. The first-order valence-corrected chi connectivity index (χ1v) is 12.7. The van der Waals surface area contributed by atoms with Crippen LogP contribution in [0, 0.1) is 0 Å². The van der Waals surface area contributed by atoms with Crippen molar-refractivity contribution in [2.45, 2.75) is 38.0 Å². The summed E-state index contributed by atoms with van der Waals surface area (Å²) in [5, 5.41) is 17.5. The minimum absolute atomic E-state index is 0.608. The normalized spacial score (nSPS) is 17.7. The molecule has 1 saturated heterocycles. The topological polar surface area (TPSA) is 75.9 Å². The van der Waals surface area contributed by atoms with Gasteiger partial charge in [0.1, 0.15) is 17.2 Å². The highest BCUT2D eigenvalue weighted by molar-refractivity contribution is 7.15. The van der Waals surface area contributed by atoms with Crippen molar-refractivity contribution >= 4 is 44.9 Å². The number of aromatic nitrogens is 6. The van der Waals surface area contributed by atoms with Crippen LogP contribution in [0.2, 0.25) is 5.02 Å². The third-order valence-corrected chi connectivity index (χ3v) is 8.01. The first-order valence-electron chi connectivity index (χ1n) is 11.5. The first-order chi connectivity index (χ1) is 16.3. The quantitative estimate of drug-likeness (QED) is 0.419. The number of halogens is 1. The van der Waals surface area contributed by atoms with E-state index in [1.165, 1.54) is 37.1 Å². The third kappa shape index (κ3) is 4.04. The van der Waals surface area contributed by atoms with Crippen molar-refractivity contribution in [1.82, 2.24) is 29.9 Å². The Bertz CT molecular complexity index is 1260. The van der Waals surface area contributed by atoms with Crippen LogP contribution in [0.15, 0.2) is 36.8 Å². The van der Waals surface area contributed by atoms with E-state index in [9.17, 15) is 0 Å². The Labute approximate surface area is 201 Å². The molecule has 0 amide bonds. The molecule has 1 aromatic carbocycles. The molecule has 8 nitrogen and oxygen atoms in total. The summed E-state index contributed by atoms with van der Waals surface area (Å²) in [5.41, 5.74) is 1.67. The highest BCUT2D eigenvalue weighted by atomic mass is 35.5. The van der Waals surface area contributed by atoms with Gasteiger partial charge in [-0.3, -0.25) is 0 Å². The lowest BCUT2D eigenvalue weighted by molar-refractivity contribution is 0.440. The van der Waals surface area contributed by atoms with Crippen molar-refractivity contribution in [2.24, 2.45) is 0 Å². The molecular weight excluding hydrogens is 456 g/mol. The van der Waals surface area contributed by atoms with E-state index in [1.807, 2.05) is 35.1 Å². The second-order valence-electron chi connectivity index (χ2n) is 8.70. The summed E-state index contributed by atoms with van der Waals surface area (Å²) >= 11 is 7.96. The summed E-state index contributed by atoms with van der Waals surface area (Å²) in [6.45, 7) is 3.53. The molecule has 0 unspecified atom stereocenters. The van der Waals surface area contributed by atoms with Crippen LogP contribution in [0.5, 0.6) is 0 Å². The Kier molecular flexibility index (Phi) is 5.59. The Morgan fingerprint density at radius 2 is 1.76 bits per heavy atom. The Balaban J connectivity index is 1.19. The zero-order chi connectivity index (χ0) is 22.2. The molecule has 170 valence electrons.